The summed E-state index contributed by atoms with van der Waals surface area (Å²) in [6.07, 6.45) is 5.19. The fourth-order valence-electron chi connectivity index (χ4n) is 1.56. The number of nitrogens with zero attached hydrogens (tertiary/aromatic N) is 2. The Hall–Kier alpha value is -1.26. The zero-order valence-corrected chi connectivity index (χ0v) is 11.2. The van der Waals surface area contributed by atoms with Gasteiger partial charge in [-0.2, -0.15) is 0 Å². The fraction of sp³-hybridized carbons (Fsp3) is 0.231. The van der Waals surface area contributed by atoms with Crippen LogP contribution in [0.1, 0.15) is 24.2 Å². The van der Waals surface area contributed by atoms with E-state index < -0.39 is 0 Å². The first-order valence-corrected chi connectivity index (χ1v) is 6.29. The van der Waals surface area contributed by atoms with E-state index in [0.29, 0.717) is 0 Å². The molecule has 1 N–H and O–H groups in total. The van der Waals surface area contributed by atoms with Crippen molar-refractivity contribution in [3.8, 4) is 0 Å². The van der Waals surface area contributed by atoms with Gasteiger partial charge in [0.1, 0.15) is 0 Å². The maximum absolute atomic E-state index is 4.27. The average Bonchev–Trinajstić information content (AvgIpc) is 2.37. The summed E-state index contributed by atoms with van der Waals surface area (Å²) < 4.78 is 1.10. The van der Waals surface area contributed by atoms with Gasteiger partial charge in [-0.1, -0.05) is 28.1 Å². The van der Waals surface area contributed by atoms with Crippen LogP contribution in [0.3, 0.4) is 0 Å². The highest BCUT2D eigenvalue weighted by Gasteiger charge is 2.05. The van der Waals surface area contributed by atoms with E-state index >= 15 is 0 Å². The highest BCUT2D eigenvalue weighted by atomic mass is 79.9. The molecular formula is C13H14BrN3. The highest BCUT2D eigenvalue weighted by molar-refractivity contribution is 9.10. The van der Waals surface area contributed by atoms with E-state index in [1.165, 1.54) is 5.56 Å². The van der Waals surface area contributed by atoms with Crippen molar-refractivity contribution in [2.24, 2.45) is 0 Å². The summed E-state index contributed by atoms with van der Waals surface area (Å²) >= 11 is 3.46. The topological polar surface area (TPSA) is 37.8 Å². The minimum absolute atomic E-state index is 0.197. The molecule has 0 saturated carbocycles. The van der Waals surface area contributed by atoms with Crippen molar-refractivity contribution in [1.82, 2.24) is 15.3 Å². The summed E-state index contributed by atoms with van der Waals surface area (Å²) in [5.41, 5.74) is 2.21. The first kappa shape index (κ1) is 12.2. The van der Waals surface area contributed by atoms with Crippen LogP contribution in [0.4, 0.5) is 0 Å². The lowest BCUT2D eigenvalue weighted by atomic mass is 10.2. The molecule has 3 nitrogen and oxygen atoms in total. The molecule has 0 amide bonds. The van der Waals surface area contributed by atoms with Crippen LogP contribution in [0.2, 0.25) is 0 Å². The van der Waals surface area contributed by atoms with Gasteiger partial charge in [0, 0.05) is 35.6 Å². The quantitative estimate of drug-likeness (QED) is 0.941. The van der Waals surface area contributed by atoms with Crippen molar-refractivity contribution < 1.29 is 0 Å². The third-order valence-electron chi connectivity index (χ3n) is 2.53. The standard InChI is InChI=1S/C13H14BrN3/c1-10(13-9-15-5-6-16-13)17-8-11-3-2-4-12(14)7-11/h2-7,9-10,17H,8H2,1H3. The van der Waals surface area contributed by atoms with E-state index in [0.717, 1.165) is 16.7 Å². The number of rotatable bonds is 4. The molecule has 0 bridgehead atoms. The molecule has 0 aliphatic heterocycles. The lowest BCUT2D eigenvalue weighted by Gasteiger charge is -2.12. The van der Waals surface area contributed by atoms with E-state index in [1.54, 1.807) is 18.6 Å². The SMILES string of the molecule is CC(NCc1cccc(Br)c1)c1cnccn1. The number of nitrogens with one attached hydrogen (secondary N) is 1. The van der Waals surface area contributed by atoms with Gasteiger partial charge in [0.05, 0.1) is 5.69 Å². The smallest absolute Gasteiger partial charge is 0.0753 e. The third kappa shape index (κ3) is 3.61. The Labute approximate surface area is 109 Å². The van der Waals surface area contributed by atoms with Crippen molar-refractivity contribution in [3.05, 3.63) is 58.6 Å². The molecule has 0 radical (unpaired) electrons. The molecule has 2 aromatic rings. The van der Waals surface area contributed by atoms with Crippen molar-refractivity contribution >= 4 is 15.9 Å². The van der Waals surface area contributed by atoms with Gasteiger partial charge in [-0.3, -0.25) is 9.97 Å². The fourth-order valence-corrected chi connectivity index (χ4v) is 2.00. The summed E-state index contributed by atoms with van der Waals surface area (Å²) in [6, 6.07) is 8.46. The second-order valence-electron chi connectivity index (χ2n) is 3.86. The first-order chi connectivity index (χ1) is 8.25. The van der Waals surface area contributed by atoms with Gasteiger partial charge in [-0.05, 0) is 24.6 Å². The molecule has 1 atom stereocenters. The molecule has 1 heterocycles. The van der Waals surface area contributed by atoms with Crippen molar-refractivity contribution in [2.75, 3.05) is 0 Å². The van der Waals surface area contributed by atoms with E-state index in [-0.39, 0.29) is 6.04 Å². The molecule has 0 fully saturated rings. The number of hydrogen-bond acceptors (Lipinski definition) is 3. The summed E-state index contributed by atoms with van der Waals surface area (Å²) in [4.78, 5) is 8.34. The van der Waals surface area contributed by atoms with E-state index in [2.05, 4.69) is 50.3 Å². The Balaban J connectivity index is 1.95. The average molecular weight is 292 g/mol. The minimum Gasteiger partial charge on any atom is -0.305 e. The van der Waals surface area contributed by atoms with E-state index in [9.17, 15) is 0 Å². The molecular weight excluding hydrogens is 278 g/mol. The summed E-state index contributed by atoms with van der Waals surface area (Å²) in [5.74, 6) is 0. The molecule has 17 heavy (non-hydrogen) atoms. The molecule has 0 aliphatic rings. The Morgan fingerprint density at radius 1 is 1.35 bits per heavy atom. The van der Waals surface area contributed by atoms with Gasteiger partial charge in [-0.15, -0.1) is 0 Å². The second kappa shape index (κ2) is 5.89. The normalized spacial score (nSPS) is 12.4. The van der Waals surface area contributed by atoms with Gasteiger partial charge < -0.3 is 5.32 Å². The Morgan fingerprint density at radius 2 is 2.24 bits per heavy atom. The minimum atomic E-state index is 0.197. The largest absolute Gasteiger partial charge is 0.305 e. The molecule has 0 saturated heterocycles. The van der Waals surface area contributed by atoms with Gasteiger partial charge in [-0.25, -0.2) is 0 Å². The Kier molecular flexibility index (Phi) is 4.23. The highest BCUT2D eigenvalue weighted by Crippen LogP contribution is 2.13. The van der Waals surface area contributed by atoms with Crippen LogP contribution in [0.25, 0.3) is 0 Å². The van der Waals surface area contributed by atoms with Crippen LogP contribution < -0.4 is 5.32 Å². The summed E-state index contributed by atoms with van der Waals surface area (Å²) in [5, 5.41) is 3.42. The molecule has 0 spiro atoms. The molecule has 1 unspecified atom stereocenters. The van der Waals surface area contributed by atoms with E-state index in [1.807, 2.05) is 12.1 Å². The molecule has 88 valence electrons. The van der Waals surface area contributed by atoms with Gasteiger partial charge in [0.15, 0.2) is 0 Å². The molecule has 0 aliphatic carbocycles. The Bertz CT molecular complexity index is 473. The lowest BCUT2D eigenvalue weighted by Crippen LogP contribution is -2.19. The first-order valence-electron chi connectivity index (χ1n) is 5.49. The van der Waals surface area contributed by atoms with E-state index in [4.69, 9.17) is 0 Å². The third-order valence-corrected chi connectivity index (χ3v) is 3.02. The predicted molar refractivity (Wildman–Crippen MR) is 71.4 cm³/mol. The lowest BCUT2D eigenvalue weighted by molar-refractivity contribution is 0.559. The number of aromatic nitrogens is 2. The van der Waals surface area contributed by atoms with Crippen LogP contribution in [0.15, 0.2) is 47.3 Å². The van der Waals surface area contributed by atoms with Crippen LogP contribution in [-0.4, -0.2) is 9.97 Å². The van der Waals surface area contributed by atoms with Crippen LogP contribution >= 0.6 is 15.9 Å². The van der Waals surface area contributed by atoms with Gasteiger partial charge in [0.25, 0.3) is 0 Å². The molecule has 1 aromatic carbocycles. The van der Waals surface area contributed by atoms with Gasteiger partial charge >= 0.3 is 0 Å². The zero-order chi connectivity index (χ0) is 12.1. The van der Waals surface area contributed by atoms with Crippen molar-refractivity contribution in [1.29, 1.82) is 0 Å². The van der Waals surface area contributed by atoms with Crippen LogP contribution in [0, 0.1) is 0 Å². The maximum Gasteiger partial charge on any atom is 0.0753 e. The zero-order valence-electron chi connectivity index (χ0n) is 9.60. The number of benzene rings is 1. The second-order valence-corrected chi connectivity index (χ2v) is 4.78. The summed E-state index contributed by atoms with van der Waals surface area (Å²) in [6.45, 7) is 2.90. The number of halogens is 1. The molecule has 2 rings (SSSR count). The predicted octanol–water partition coefficient (Wildman–Crippen LogP) is 3.09. The molecule has 1 aromatic heterocycles. The monoisotopic (exact) mass is 291 g/mol. The Morgan fingerprint density at radius 3 is 2.94 bits per heavy atom. The van der Waals surface area contributed by atoms with Crippen molar-refractivity contribution in [2.45, 2.75) is 19.5 Å². The molecule has 4 heteroatoms. The van der Waals surface area contributed by atoms with Crippen molar-refractivity contribution in [3.63, 3.8) is 0 Å². The van der Waals surface area contributed by atoms with Crippen LogP contribution in [-0.2, 0) is 6.54 Å². The number of hydrogen-bond donors (Lipinski definition) is 1. The maximum atomic E-state index is 4.27. The summed E-state index contributed by atoms with van der Waals surface area (Å²) in [7, 11) is 0. The van der Waals surface area contributed by atoms with Crippen LogP contribution in [0.5, 0.6) is 0 Å². The van der Waals surface area contributed by atoms with Gasteiger partial charge in [0.2, 0.25) is 0 Å².